The van der Waals surface area contributed by atoms with Gasteiger partial charge in [-0.15, -0.1) is 0 Å². The Bertz CT molecular complexity index is 699. The summed E-state index contributed by atoms with van der Waals surface area (Å²) in [6, 6.07) is 9.61. The van der Waals surface area contributed by atoms with E-state index < -0.39 is 4.92 Å². The molecule has 2 rings (SSSR count). The Labute approximate surface area is 110 Å². The topological polar surface area (TPSA) is 56.0 Å². The fraction of sp³-hybridized carbons (Fsp3) is 0. The van der Waals surface area contributed by atoms with Crippen molar-refractivity contribution < 1.29 is 4.92 Å². The molecule has 1 heterocycles. The van der Waals surface area contributed by atoms with Gasteiger partial charge in [0, 0.05) is 35.7 Å². The van der Waals surface area contributed by atoms with Crippen LogP contribution in [0.25, 0.3) is 0 Å². The maximum absolute atomic E-state index is 10.5. The lowest BCUT2D eigenvalue weighted by molar-refractivity contribution is -0.384. The molecule has 4 nitrogen and oxygen atoms in total. The number of aromatic nitrogens is 1. The molecule has 0 atom stereocenters. The quantitative estimate of drug-likeness (QED) is 0.442. The summed E-state index contributed by atoms with van der Waals surface area (Å²) < 4.78 is 0. The number of hydrogen-bond acceptors (Lipinski definition) is 3. The average molecular weight is 248 g/mol. The van der Waals surface area contributed by atoms with Crippen LogP contribution >= 0.6 is 0 Å². The van der Waals surface area contributed by atoms with E-state index in [1.54, 1.807) is 36.7 Å². The zero-order valence-corrected chi connectivity index (χ0v) is 9.83. The van der Waals surface area contributed by atoms with Crippen molar-refractivity contribution >= 4 is 5.69 Å². The minimum Gasteiger partial charge on any atom is -0.265 e. The normalized spacial score (nSPS) is 8.63. The van der Waals surface area contributed by atoms with E-state index in [2.05, 4.69) is 28.7 Å². The number of pyridine rings is 1. The van der Waals surface area contributed by atoms with Crippen molar-refractivity contribution in [1.82, 2.24) is 4.98 Å². The van der Waals surface area contributed by atoms with Crippen molar-refractivity contribution in [3.8, 4) is 23.7 Å². The zero-order valence-electron chi connectivity index (χ0n) is 9.83. The molecular formula is C15H8N2O2. The van der Waals surface area contributed by atoms with Crippen LogP contribution < -0.4 is 0 Å². The molecule has 0 saturated heterocycles. The summed E-state index contributed by atoms with van der Waals surface area (Å²) in [7, 11) is 0. The fourth-order valence-electron chi connectivity index (χ4n) is 1.31. The van der Waals surface area contributed by atoms with E-state index in [0.29, 0.717) is 5.56 Å². The molecule has 0 amide bonds. The summed E-state index contributed by atoms with van der Waals surface area (Å²) in [5.41, 5.74) is 1.58. The molecule has 0 saturated carbocycles. The summed E-state index contributed by atoms with van der Waals surface area (Å²) in [4.78, 5) is 13.9. The van der Waals surface area contributed by atoms with Gasteiger partial charge in [0.2, 0.25) is 0 Å². The van der Waals surface area contributed by atoms with Crippen molar-refractivity contribution in [1.29, 1.82) is 0 Å². The highest BCUT2D eigenvalue weighted by Crippen LogP contribution is 2.10. The zero-order chi connectivity index (χ0) is 13.5. The second-order valence-corrected chi connectivity index (χ2v) is 3.54. The van der Waals surface area contributed by atoms with Gasteiger partial charge in [-0.3, -0.25) is 15.1 Å². The van der Waals surface area contributed by atoms with Gasteiger partial charge in [0.1, 0.15) is 0 Å². The smallest absolute Gasteiger partial charge is 0.265 e. The maximum Gasteiger partial charge on any atom is 0.269 e. The Morgan fingerprint density at radius 1 is 0.895 bits per heavy atom. The van der Waals surface area contributed by atoms with Crippen LogP contribution in [0.15, 0.2) is 48.8 Å². The van der Waals surface area contributed by atoms with Crippen molar-refractivity contribution in [2.24, 2.45) is 0 Å². The van der Waals surface area contributed by atoms with Gasteiger partial charge in [0.25, 0.3) is 5.69 Å². The molecule has 0 aliphatic carbocycles. The van der Waals surface area contributed by atoms with Crippen LogP contribution in [-0.4, -0.2) is 9.91 Å². The average Bonchev–Trinajstić information content (AvgIpc) is 2.45. The van der Waals surface area contributed by atoms with E-state index >= 15 is 0 Å². The number of nitrogens with zero attached hydrogens (tertiary/aromatic N) is 2. The van der Waals surface area contributed by atoms with Gasteiger partial charge in [-0.1, -0.05) is 11.8 Å². The SMILES string of the molecule is O=[N+]([O-])c1ccc(C#CC#Cc2ccncc2)cc1. The molecule has 0 radical (unpaired) electrons. The van der Waals surface area contributed by atoms with Crippen LogP contribution in [0.1, 0.15) is 11.1 Å². The third-order valence-corrected chi connectivity index (χ3v) is 2.23. The lowest BCUT2D eigenvalue weighted by Crippen LogP contribution is -1.86. The van der Waals surface area contributed by atoms with E-state index in [-0.39, 0.29) is 5.69 Å². The molecule has 0 unspecified atom stereocenters. The molecule has 1 aromatic heterocycles. The predicted molar refractivity (Wildman–Crippen MR) is 71.1 cm³/mol. The lowest BCUT2D eigenvalue weighted by atomic mass is 10.2. The number of benzene rings is 1. The number of rotatable bonds is 1. The summed E-state index contributed by atoms with van der Waals surface area (Å²) in [5, 5.41) is 10.5. The predicted octanol–water partition coefficient (Wildman–Crippen LogP) is 2.39. The van der Waals surface area contributed by atoms with Crippen LogP contribution in [-0.2, 0) is 0 Å². The highest BCUT2D eigenvalue weighted by Gasteiger charge is 2.01. The van der Waals surface area contributed by atoms with Gasteiger partial charge in [0.15, 0.2) is 0 Å². The highest BCUT2D eigenvalue weighted by atomic mass is 16.6. The molecule has 0 N–H and O–H groups in total. The molecule has 4 heteroatoms. The molecule has 0 bridgehead atoms. The Morgan fingerprint density at radius 3 is 1.95 bits per heavy atom. The van der Waals surface area contributed by atoms with Gasteiger partial charge in [0.05, 0.1) is 4.92 Å². The highest BCUT2D eigenvalue weighted by molar-refractivity contribution is 5.46. The first kappa shape index (κ1) is 12.3. The van der Waals surface area contributed by atoms with Crippen molar-refractivity contribution in [2.75, 3.05) is 0 Å². The summed E-state index contributed by atoms with van der Waals surface area (Å²) >= 11 is 0. The van der Waals surface area contributed by atoms with E-state index in [0.717, 1.165) is 5.56 Å². The van der Waals surface area contributed by atoms with Gasteiger partial charge in [-0.2, -0.15) is 0 Å². The van der Waals surface area contributed by atoms with Crippen molar-refractivity contribution in [3.05, 3.63) is 70.0 Å². The molecule has 0 spiro atoms. The fourth-order valence-corrected chi connectivity index (χ4v) is 1.31. The van der Waals surface area contributed by atoms with Crippen molar-refractivity contribution in [3.63, 3.8) is 0 Å². The minimum atomic E-state index is -0.444. The maximum atomic E-state index is 10.5. The standard InChI is InChI=1S/C15H8N2O2/c18-17(19)15-7-5-13(6-8-15)3-1-2-4-14-9-11-16-12-10-14/h5-12H. The third kappa shape index (κ3) is 3.69. The second-order valence-electron chi connectivity index (χ2n) is 3.54. The summed E-state index contributed by atoms with van der Waals surface area (Å²) in [6.45, 7) is 0. The van der Waals surface area contributed by atoms with Crippen LogP contribution in [0.2, 0.25) is 0 Å². The summed E-state index contributed by atoms with van der Waals surface area (Å²) in [6.07, 6.45) is 3.32. The van der Waals surface area contributed by atoms with Crippen LogP contribution in [0.3, 0.4) is 0 Å². The van der Waals surface area contributed by atoms with Crippen molar-refractivity contribution in [2.45, 2.75) is 0 Å². The molecule has 0 aliphatic heterocycles. The van der Waals surface area contributed by atoms with E-state index in [4.69, 9.17) is 0 Å². The van der Waals surface area contributed by atoms with E-state index in [1.807, 2.05) is 0 Å². The Balaban J connectivity index is 2.09. The number of nitro groups is 1. The molecule has 19 heavy (non-hydrogen) atoms. The number of hydrogen-bond donors (Lipinski definition) is 0. The largest absolute Gasteiger partial charge is 0.269 e. The Morgan fingerprint density at radius 2 is 1.42 bits per heavy atom. The second kappa shape index (κ2) is 6.00. The van der Waals surface area contributed by atoms with Gasteiger partial charge in [-0.25, -0.2) is 0 Å². The summed E-state index contributed by atoms with van der Waals surface area (Å²) in [5.74, 6) is 11.1. The Kier molecular flexibility index (Phi) is 3.90. The third-order valence-electron chi connectivity index (χ3n) is 2.23. The number of nitro benzene ring substituents is 1. The first-order valence-corrected chi connectivity index (χ1v) is 5.42. The van der Waals surface area contributed by atoms with Crippen LogP contribution in [0.5, 0.6) is 0 Å². The first-order valence-electron chi connectivity index (χ1n) is 5.42. The monoisotopic (exact) mass is 248 g/mol. The molecule has 0 aliphatic rings. The minimum absolute atomic E-state index is 0.0495. The lowest BCUT2D eigenvalue weighted by Gasteiger charge is -1.90. The van der Waals surface area contributed by atoms with Gasteiger partial charge < -0.3 is 0 Å². The Hall–Kier alpha value is -3.11. The van der Waals surface area contributed by atoms with Crippen LogP contribution in [0.4, 0.5) is 5.69 Å². The van der Waals surface area contributed by atoms with Gasteiger partial charge in [-0.05, 0) is 36.1 Å². The van der Waals surface area contributed by atoms with Crippen LogP contribution in [0, 0.1) is 33.8 Å². The van der Waals surface area contributed by atoms with E-state index in [9.17, 15) is 10.1 Å². The molecule has 0 fully saturated rings. The molecule has 90 valence electrons. The van der Waals surface area contributed by atoms with E-state index in [1.165, 1.54) is 12.1 Å². The molecule has 1 aromatic carbocycles. The van der Waals surface area contributed by atoms with Gasteiger partial charge >= 0.3 is 0 Å². The molecule has 2 aromatic rings. The molecular weight excluding hydrogens is 240 g/mol. The first-order chi connectivity index (χ1) is 9.25. The number of non-ortho nitro benzene ring substituents is 1.